The van der Waals surface area contributed by atoms with Crippen LogP contribution in [0.5, 0.6) is 0 Å². The van der Waals surface area contributed by atoms with E-state index in [2.05, 4.69) is 71.0 Å². The van der Waals surface area contributed by atoms with Crippen molar-refractivity contribution < 1.29 is 0 Å². The van der Waals surface area contributed by atoms with Crippen molar-refractivity contribution in [3.8, 4) is 0 Å². The van der Waals surface area contributed by atoms with E-state index < -0.39 is 0 Å². The number of nitrogens with zero attached hydrogens (tertiary/aromatic N) is 2. The molecular weight excluding hydrogens is 316 g/mol. The van der Waals surface area contributed by atoms with Gasteiger partial charge in [0, 0.05) is 17.3 Å². The molecule has 1 atom stereocenters. The number of aliphatic imine (C=N–C) groups is 2. The highest BCUT2D eigenvalue weighted by Gasteiger charge is 2.24. The van der Waals surface area contributed by atoms with Crippen molar-refractivity contribution in [2.24, 2.45) is 15.9 Å². The van der Waals surface area contributed by atoms with E-state index in [4.69, 9.17) is 9.98 Å². The normalized spacial score (nSPS) is 19.8. The first-order valence-corrected chi connectivity index (χ1v) is 9.72. The fourth-order valence-electron chi connectivity index (χ4n) is 3.94. The maximum atomic E-state index is 5.14. The lowest BCUT2D eigenvalue weighted by Crippen LogP contribution is -2.25. The molecule has 0 amide bonds. The molecule has 1 unspecified atom stereocenters. The van der Waals surface area contributed by atoms with Crippen LogP contribution in [0, 0.1) is 33.6 Å². The van der Waals surface area contributed by atoms with Crippen LogP contribution >= 0.6 is 0 Å². The van der Waals surface area contributed by atoms with Gasteiger partial charge in [0.15, 0.2) is 0 Å². The van der Waals surface area contributed by atoms with Crippen molar-refractivity contribution in [2.45, 2.75) is 60.3 Å². The van der Waals surface area contributed by atoms with Gasteiger partial charge in [-0.1, -0.05) is 42.8 Å². The zero-order valence-corrected chi connectivity index (χ0v) is 16.8. The minimum Gasteiger partial charge on any atom is -0.257 e. The maximum absolute atomic E-state index is 5.14. The number of hydrogen-bond acceptors (Lipinski definition) is 2. The molecule has 0 bridgehead atoms. The third kappa shape index (κ3) is 3.95. The zero-order chi connectivity index (χ0) is 18.7. The van der Waals surface area contributed by atoms with Crippen molar-refractivity contribution in [1.82, 2.24) is 0 Å². The summed E-state index contributed by atoms with van der Waals surface area (Å²) in [5, 5.41) is 0. The summed E-state index contributed by atoms with van der Waals surface area (Å²) in [6.07, 6.45) is 4.73. The Morgan fingerprint density at radius 1 is 0.808 bits per heavy atom. The van der Waals surface area contributed by atoms with E-state index in [0.717, 1.165) is 24.2 Å². The van der Waals surface area contributed by atoms with Crippen LogP contribution in [0.25, 0.3) is 0 Å². The van der Waals surface area contributed by atoms with Crippen molar-refractivity contribution >= 4 is 22.8 Å². The molecule has 1 saturated carbocycles. The molecule has 1 aliphatic rings. The quantitative estimate of drug-likeness (QED) is 0.536. The van der Waals surface area contributed by atoms with Gasteiger partial charge in [-0.15, -0.1) is 0 Å². The average Bonchev–Trinajstić information content (AvgIpc) is 2.62. The molecule has 1 aliphatic carbocycles. The van der Waals surface area contributed by atoms with Crippen molar-refractivity contribution in [2.75, 3.05) is 0 Å². The van der Waals surface area contributed by atoms with Crippen LogP contribution in [0.3, 0.4) is 0 Å². The Labute approximate surface area is 158 Å². The summed E-state index contributed by atoms with van der Waals surface area (Å²) in [6, 6.07) is 12.8. The van der Waals surface area contributed by atoms with Gasteiger partial charge in [0.1, 0.15) is 0 Å². The Balaban J connectivity index is 1.99. The molecule has 1 fully saturated rings. The molecule has 136 valence electrons. The second-order valence-corrected chi connectivity index (χ2v) is 7.64. The second kappa shape index (κ2) is 7.99. The molecule has 2 aromatic carbocycles. The van der Waals surface area contributed by atoms with Crippen LogP contribution in [0.2, 0.25) is 0 Å². The largest absolute Gasteiger partial charge is 0.257 e. The number of hydrogen-bond donors (Lipinski definition) is 0. The van der Waals surface area contributed by atoms with Gasteiger partial charge in [0.05, 0.1) is 11.4 Å². The lowest BCUT2D eigenvalue weighted by molar-refractivity contribution is 0.611. The van der Waals surface area contributed by atoms with E-state index >= 15 is 0 Å². The number of aryl methyl sites for hydroxylation is 4. The first kappa shape index (κ1) is 18.6. The molecule has 0 saturated heterocycles. The van der Waals surface area contributed by atoms with E-state index in [0.29, 0.717) is 5.92 Å². The number of rotatable bonds is 3. The Bertz CT molecular complexity index is 818. The molecule has 0 N–H and O–H groups in total. The highest BCUT2D eigenvalue weighted by Crippen LogP contribution is 2.31. The summed E-state index contributed by atoms with van der Waals surface area (Å²) in [6.45, 7) is 10.8. The molecule has 0 aromatic heterocycles. The SMILES string of the molecule is CC(=Nc1c(C)cccc1C)C1CCCCC1=Nc1c(C)cccc1C. The Hall–Kier alpha value is -2.22. The van der Waals surface area contributed by atoms with Gasteiger partial charge < -0.3 is 0 Å². The lowest BCUT2D eigenvalue weighted by atomic mass is 9.84. The van der Waals surface area contributed by atoms with Crippen LogP contribution < -0.4 is 0 Å². The van der Waals surface area contributed by atoms with Gasteiger partial charge in [-0.25, -0.2) is 0 Å². The third-order valence-corrected chi connectivity index (χ3v) is 5.50. The van der Waals surface area contributed by atoms with Crippen LogP contribution in [0.15, 0.2) is 46.4 Å². The van der Waals surface area contributed by atoms with E-state index in [9.17, 15) is 0 Å². The smallest absolute Gasteiger partial charge is 0.0687 e. The minimum absolute atomic E-state index is 0.363. The molecule has 0 heterocycles. The third-order valence-electron chi connectivity index (χ3n) is 5.50. The van der Waals surface area contributed by atoms with Gasteiger partial charge in [0.25, 0.3) is 0 Å². The predicted molar refractivity (Wildman–Crippen MR) is 114 cm³/mol. The number of para-hydroxylation sites is 2. The lowest BCUT2D eigenvalue weighted by Gasteiger charge is -2.25. The average molecular weight is 347 g/mol. The predicted octanol–water partition coefficient (Wildman–Crippen LogP) is 6.98. The summed E-state index contributed by atoms with van der Waals surface area (Å²) in [5.74, 6) is 0.363. The Kier molecular flexibility index (Phi) is 5.70. The monoisotopic (exact) mass is 346 g/mol. The standard InChI is InChI=1S/C24H30N2/c1-16-10-8-11-17(2)23(16)25-20(5)21-14-6-7-15-22(21)26-24-18(3)12-9-13-19(24)4/h8-13,21H,6-7,14-15H2,1-5H3. The molecule has 2 heteroatoms. The van der Waals surface area contributed by atoms with Crippen LogP contribution in [-0.2, 0) is 0 Å². The van der Waals surface area contributed by atoms with Crippen LogP contribution in [0.4, 0.5) is 11.4 Å². The summed E-state index contributed by atoms with van der Waals surface area (Å²) in [5.41, 5.74) is 9.78. The molecule has 0 spiro atoms. The summed E-state index contributed by atoms with van der Waals surface area (Å²) >= 11 is 0. The molecule has 2 aromatic rings. The second-order valence-electron chi connectivity index (χ2n) is 7.64. The highest BCUT2D eigenvalue weighted by atomic mass is 14.8. The molecule has 0 radical (unpaired) electrons. The topological polar surface area (TPSA) is 24.7 Å². The molecule has 26 heavy (non-hydrogen) atoms. The van der Waals surface area contributed by atoms with Crippen LogP contribution in [0.1, 0.15) is 54.9 Å². The molecular formula is C24H30N2. The van der Waals surface area contributed by atoms with E-state index in [1.165, 1.54) is 46.5 Å². The fraction of sp³-hybridized carbons (Fsp3) is 0.417. The first-order chi connectivity index (χ1) is 12.5. The van der Waals surface area contributed by atoms with Gasteiger partial charge in [-0.2, -0.15) is 0 Å². The summed E-state index contributed by atoms with van der Waals surface area (Å²) in [4.78, 5) is 10.2. The summed E-state index contributed by atoms with van der Waals surface area (Å²) in [7, 11) is 0. The van der Waals surface area contributed by atoms with Crippen molar-refractivity contribution in [1.29, 1.82) is 0 Å². The zero-order valence-electron chi connectivity index (χ0n) is 16.8. The Morgan fingerprint density at radius 2 is 1.35 bits per heavy atom. The van der Waals surface area contributed by atoms with Gasteiger partial charge in [0.2, 0.25) is 0 Å². The summed E-state index contributed by atoms with van der Waals surface area (Å²) < 4.78 is 0. The van der Waals surface area contributed by atoms with Crippen LogP contribution in [-0.4, -0.2) is 11.4 Å². The Morgan fingerprint density at radius 3 is 1.92 bits per heavy atom. The maximum Gasteiger partial charge on any atom is 0.0687 e. The first-order valence-electron chi connectivity index (χ1n) is 9.72. The molecule has 3 rings (SSSR count). The molecule has 0 aliphatic heterocycles. The van der Waals surface area contributed by atoms with Crippen molar-refractivity contribution in [3.63, 3.8) is 0 Å². The minimum atomic E-state index is 0.363. The van der Waals surface area contributed by atoms with Gasteiger partial charge >= 0.3 is 0 Å². The van der Waals surface area contributed by atoms with E-state index in [1.54, 1.807) is 0 Å². The van der Waals surface area contributed by atoms with E-state index in [-0.39, 0.29) is 0 Å². The fourth-order valence-corrected chi connectivity index (χ4v) is 3.94. The van der Waals surface area contributed by atoms with E-state index in [1.807, 2.05) is 0 Å². The molecule has 2 nitrogen and oxygen atoms in total. The number of benzene rings is 2. The van der Waals surface area contributed by atoms with Gasteiger partial charge in [-0.05, 0) is 76.1 Å². The highest BCUT2D eigenvalue weighted by molar-refractivity contribution is 6.08. The van der Waals surface area contributed by atoms with Crippen molar-refractivity contribution in [3.05, 3.63) is 58.7 Å². The van der Waals surface area contributed by atoms with Gasteiger partial charge in [-0.3, -0.25) is 9.98 Å².